The molecule has 0 N–H and O–H groups in total. The number of benzene rings is 3. The van der Waals surface area contributed by atoms with Crippen molar-refractivity contribution in [2.45, 2.75) is 71.6 Å². The van der Waals surface area contributed by atoms with Gasteiger partial charge in [0.25, 0.3) is 0 Å². The Bertz CT molecular complexity index is 916. The average molecular weight is 400 g/mol. The zero-order valence-electron chi connectivity index (χ0n) is 19.6. The highest BCUT2D eigenvalue weighted by Gasteiger charge is 2.23. The smallest absolute Gasteiger partial charge is 0.0461 e. The molecular formula is C29H37N. The van der Waals surface area contributed by atoms with Gasteiger partial charge in [0.05, 0.1) is 0 Å². The zero-order chi connectivity index (χ0) is 21.8. The summed E-state index contributed by atoms with van der Waals surface area (Å²) in [4.78, 5) is 2.35. The largest absolute Gasteiger partial charge is 0.311 e. The summed E-state index contributed by atoms with van der Waals surface area (Å²) in [6.07, 6.45) is 3.43. The molecule has 0 spiro atoms. The van der Waals surface area contributed by atoms with E-state index in [2.05, 4.69) is 125 Å². The van der Waals surface area contributed by atoms with Gasteiger partial charge in [-0.15, -0.1) is 0 Å². The maximum absolute atomic E-state index is 2.37. The lowest BCUT2D eigenvalue weighted by molar-refractivity contribution is 0.439. The summed E-state index contributed by atoms with van der Waals surface area (Å²) in [5.74, 6) is 0. The van der Waals surface area contributed by atoms with E-state index in [0.29, 0.717) is 0 Å². The molecule has 0 atom stereocenters. The predicted octanol–water partition coefficient (Wildman–Crippen LogP) is 8.92. The number of para-hydroxylation sites is 1. The molecule has 158 valence electrons. The van der Waals surface area contributed by atoms with Gasteiger partial charge in [0, 0.05) is 17.1 Å². The minimum absolute atomic E-state index is 0.197. The lowest BCUT2D eigenvalue weighted by atomic mass is 9.78. The van der Waals surface area contributed by atoms with Gasteiger partial charge in [0.1, 0.15) is 0 Å². The van der Waals surface area contributed by atoms with E-state index < -0.39 is 0 Å². The van der Waals surface area contributed by atoms with Gasteiger partial charge in [0.15, 0.2) is 0 Å². The Labute approximate surface area is 183 Å². The fraction of sp³-hybridized carbons (Fsp3) is 0.379. The highest BCUT2D eigenvalue weighted by Crippen LogP contribution is 2.38. The first kappa shape index (κ1) is 22.2. The predicted molar refractivity (Wildman–Crippen MR) is 132 cm³/mol. The molecule has 0 amide bonds. The molecule has 0 aliphatic carbocycles. The van der Waals surface area contributed by atoms with Crippen molar-refractivity contribution in [3.05, 3.63) is 90.0 Å². The van der Waals surface area contributed by atoms with Crippen LogP contribution in [0.5, 0.6) is 0 Å². The van der Waals surface area contributed by atoms with Crippen molar-refractivity contribution in [3.8, 4) is 0 Å². The molecule has 3 aromatic rings. The van der Waals surface area contributed by atoms with Crippen LogP contribution in [0.3, 0.4) is 0 Å². The van der Waals surface area contributed by atoms with Crippen molar-refractivity contribution in [2.24, 2.45) is 0 Å². The molecule has 0 fully saturated rings. The average Bonchev–Trinajstić information content (AvgIpc) is 2.80. The summed E-state index contributed by atoms with van der Waals surface area (Å²) in [5.41, 5.74) is 6.82. The second-order valence-corrected chi connectivity index (χ2v) is 9.27. The van der Waals surface area contributed by atoms with Crippen LogP contribution in [0, 0.1) is 0 Å². The molecule has 0 radical (unpaired) electrons. The Kier molecular flexibility index (Phi) is 6.71. The van der Waals surface area contributed by atoms with Crippen LogP contribution in [-0.4, -0.2) is 0 Å². The molecule has 3 aromatic carbocycles. The normalized spacial score (nSPS) is 12.1. The summed E-state index contributed by atoms with van der Waals surface area (Å²) < 4.78 is 0. The van der Waals surface area contributed by atoms with Gasteiger partial charge in [-0.3, -0.25) is 0 Å². The Balaban J connectivity index is 2.03. The van der Waals surface area contributed by atoms with Crippen LogP contribution < -0.4 is 4.90 Å². The fourth-order valence-corrected chi connectivity index (χ4v) is 3.96. The molecule has 0 unspecified atom stereocenters. The number of anilines is 3. The van der Waals surface area contributed by atoms with Gasteiger partial charge in [-0.05, 0) is 77.6 Å². The molecule has 0 aliphatic heterocycles. The molecule has 1 nitrogen and oxygen atoms in total. The van der Waals surface area contributed by atoms with Gasteiger partial charge in [-0.1, -0.05) is 84.0 Å². The summed E-state index contributed by atoms with van der Waals surface area (Å²) in [7, 11) is 0. The molecule has 30 heavy (non-hydrogen) atoms. The topological polar surface area (TPSA) is 3.24 Å². The van der Waals surface area contributed by atoms with Crippen molar-refractivity contribution < 1.29 is 0 Å². The number of hydrogen-bond acceptors (Lipinski definition) is 1. The highest BCUT2D eigenvalue weighted by atomic mass is 15.1. The maximum atomic E-state index is 2.37. The number of rotatable bonds is 8. The first-order valence-corrected chi connectivity index (χ1v) is 11.4. The maximum Gasteiger partial charge on any atom is 0.0461 e. The van der Waals surface area contributed by atoms with Gasteiger partial charge < -0.3 is 4.90 Å². The first-order valence-electron chi connectivity index (χ1n) is 11.4. The summed E-state index contributed by atoms with van der Waals surface area (Å²) in [6, 6.07) is 28.9. The minimum Gasteiger partial charge on any atom is -0.311 e. The fourth-order valence-electron chi connectivity index (χ4n) is 3.96. The Morgan fingerprint density at radius 3 is 1.40 bits per heavy atom. The first-order chi connectivity index (χ1) is 14.3. The molecule has 0 bridgehead atoms. The Morgan fingerprint density at radius 1 is 0.533 bits per heavy atom. The third-order valence-electron chi connectivity index (χ3n) is 7.19. The molecule has 0 aliphatic rings. The van der Waals surface area contributed by atoms with E-state index in [1.54, 1.807) is 0 Å². The monoisotopic (exact) mass is 399 g/mol. The lowest BCUT2D eigenvalue weighted by Crippen LogP contribution is -2.19. The van der Waals surface area contributed by atoms with Crippen LogP contribution in [0.4, 0.5) is 17.1 Å². The molecule has 0 saturated heterocycles. The number of nitrogens with zero attached hydrogens (tertiary/aromatic N) is 1. The SMILES string of the molecule is CCC(C)(C)c1ccc(N(c2ccccc2)c2ccc(C(C)(CC)CC)cc2)cc1. The molecule has 0 saturated carbocycles. The van der Waals surface area contributed by atoms with E-state index in [-0.39, 0.29) is 10.8 Å². The van der Waals surface area contributed by atoms with Crippen LogP contribution in [0.2, 0.25) is 0 Å². The van der Waals surface area contributed by atoms with Crippen molar-refractivity contribution in [1.82, 2.24) is 0 Å². The third kappa shape index (κ3) is 4.46. The highest BCUT2D eigenvalue weighted by molar-refractivity contribution is 5.76. The quantitative estimate of drug-likeness (QED) is 0.365. The molecule has 3 rings (SSSR count). The van der Waals surface area contributed by atoms with Crippen molar-refractivity contribution in [2.75, 3.05) is 4.90 Å². The van der Waals surface area contributed by atoms with E-state index in [4.69, 9.17) is 0 Å². The van der Waals surface area contributed by atoms with E-state index in [0.717, 1.165) is 19.3 Å². The lowest BCUT2D eigenvalue weighted by Gasteiger charge is -2.30. The Morgan fingerprint density at radius 2 is 0.967 bits per heavy atom. The molecule has 0 aromatic heterocycles. The Hall–Kier alpha value is -2.54. The summed E-state index contributed by atoms with van der Waals surface area (Å²) in [6.45, 7) is 13.8. The van der Waals surface area contributed by atoms with E-state index in [1.165, 1.54) is 28.2 Å². The minimum atomic E-state index is 0.197. The van der Waals surface area contributed by atoms with Gasteiger partial charge in [0.2, 0.25) is 0 Å². The second kappa shape index (κ2) is 9.08. The number of hydrogen-bond donors (Lipinski definition) is 0. The standard InChI is InChI=1S/C29H37N/c1-7-28(4,5)23-15-19-26(20-16-23)30(25-13-11-10-12-14-25)27-21-17-24(18-22-27)29(6,8-2)9-3/h10-22H,7-9H2,1-6H3. The van der Waals surface area contributed by atoms with E-state index in [9.17, 15) is 0 Å². The van der Waals surface area contributed by atoms with Crippen LogP contribution in [0.25, 0.3) is 0 Å². The van der Waals surface area contributed by atoms with Gasteiger partial charge >= 0.3 is 0 Å². The van der Waals surface area contributed by atoms with Crippen molar-refractivity contribution >= 4 is 17.1 Å². The van der Waals surface area contributed by atoms with Gasteiger partial charge in [-0.25, -0.2) is 0 Å². The zero-order valence-corrected chi connectivity index (χ0v) is 19.6. The third-order valence-corrected chi connectivity index (χ3v) is 7.19. The van der Waals surface area contributed by atoms with Crippen LogP contribution in [-0.2, 0) is 10.8 Å². The van der Waals surface area contributed by atoms with Gasteiger partial charge in [-0.2, -0.15) is 0 Å². The summed E-state index contributed by atoms with van der Waals surface area (Å²) >= 11 is 0. The van der Waals surface area contributed by atoms with E-state index >= 15 is 0 Å². The van der Waals surface area contributed by atoms with Crippen molar-refractivity contribution in [1.29, 1.82) is 0 Å². The van der Waals surface area contributed by atoms with Crippen LogP contribution in [0.1, 0.15) is 71.9 Å². The molecule has 1 heteroatoms. The summed E-state index contributed by atoms with van der Waals surface area (Å²) in [5, 5.41) is 0. The molecule has 0 heterocycles. The van der Waals surface area contributed by atoms with Crippen LogP contribution in [0.15, 0.2) is 78.9 Å². The van der Waals surface area contributed by atoms with Crippen molar-refractivity contribution in [3.63, 3.8) is 0 Å². The van der Waals surface area contributed by atoms with E-state index in [1.807, 2.05) is 0 Å². The van der Waals surface area contributed by atoms with Crippen LogP contribution >= 0.6 is 0 Å². The second-order valence-electron chi connectivity index (χ2n) is 9.27. The molecular weight excluding hydrogens is 362 g/mol.